The molecule has 0 unspecified atom stereocenters. The van der Waals surface area contributed by atoms with Crippen LogP contribution in [-0.2, 0) is 38.2 Å². The molecule has 0 aromatic heterocycles. The lowest BCUT2D eigenvalue weighted by atomic mass is 9.98. The van der Waals surface area contributed by atoms with Gasteiger partial charge in [0.2, 0.25) is 5.79 Å². The molecule has 0 amide bonds. The van der Waals surface area contributed by atoms with Crippen molar-refractivity contribution in [3.05, 3.63) is 10.4 Å². The molecule has 4 atom stereocenters. The molecule has 3 saturated heterocycles. The Hall–Kier alpha value is -0.980. The fraction of sp³-hybridized carbons (Fsp3) is 1.00. The molecule has 3 aliphatic heterocycles. The average Bonchev–Trinajstić information content (AvgIpc) is 2.88. The minimum Gasteiger partial charge on any atom is -0.343 e. The summed E-state index contributed by atoms with van der Waals surface area (Å²) in [4.78, 5) is 2.21. The number of hydrogen-bond acceptors (Lipinski definition) is 8. The van der Waals surface area contributed by atoms with Gasteiger partial charge in [-0.1, -0.05) is 0 Å². The van der Waals surface area contributed by atoms with Crippen LogP contribution in [-0.4, -0.2) is 57.3 Å². The first-order valence-electron chi connectivity index (χ1n) is 7.31. The van der Waals surface area contributed by atoms with Crippen LogP contribution < -0.4 is 0 Å². The molecule has 0 aliphatic carbocycles. The van der Waals surface area contributed by atoms with Gasteiger partial charge in [-0.25, -0.2) is 0 Å². The number of fused-ring (bicyclic) bond motifs is 3. The Morgan fingerprint density at radius 3 is 2.58 bits per heavy atom. The highest BCUT2D eigenvalue weighted by molar-refractivity contribution is 7.85. The van der Waals surface area contributed by atoms with Crippen molar-refractivity contribution >= 4 is 10.3 Å². The third-order valence-electron chi connectivity index (χ3n) is 3.82. The molecule has 136 valence electrons. The molecule has 0 radical (unpaired) electrons. The minimum atomic E-state index is -4.44. The first-order chi connectivity index (χ1) is 11.0. The fourth-order valence-corrected chi connectivity index (χ4v) is 3.62. The average molecular weight is 365 g/mol. The number of hydrogen-bond donors (Lipinski definition) is 0. The molecule has 0 aromatic carbocycles. The normalized spacial score (nSPS) is 39.8. The fourth-order valence-electron chi connectivity index (χ4n) is 3.17. The first-order valence-corrected chi connectivity index (χ1v) is 8.67. The van der Waals surface area contributed by atoms with E-state index in [0.717, 1.165) is 0 Å². The Morgan fingerprint density at radius 1 is 1.21 bits per heavy atom. The zero-order valence-corrected chi connectivity index (χ0v) is 14.5. The van der Waals surface area contributed by atoms with Crippen LogP contribution >= 0.6 is 0 Å². The Balaban J connectivity index is 1.86. The summed E-state index contributed by atoms with van der Waals surface area (Å²) in [7, 11) is -4.44. The minimum absolute atomic E-state index is 0.106. The molecule has 11 nitrogen and oxygen atoms in total. The maximum Gasteiger partial charge on any atom is 0.358 e. The van der Waals surface area contributed by atoms with Gasteiger partial charge in [-0.15, -0.1) is 0 Å². The molecule has 0 spiro atoms. The number of ether oxygens (including phenoxy) is 5. The Kier molecular flexibility index (Phi) is 4.09. The van der Waals surface area contributed by atoms with Gasteiger partial charge in [-0.2, -0.15) is 8.42 Å². The highest BCUT2D eigenvalue weighted by Crippen LogP contribution is 2.47. The molecule has 12 heteroatoms. The molecule has 3 aliphatic rings. The van der Waals surface area contributed by atoms with Crippen molar-refractivity contribution in [2.24, 2.45) is 4.52 Å². The van der Waals surface area contributed by atoms with E-state index < -0.39 is 46.5 Å². The van der Waals surface area contributed by atoms with Crippen molar-refractivity contribution in [1.29, 1.82) is 0 Å². The predicted octanol–water partition coefficient (Wildman–Crippen LogP) is 0.956. The van der Waals surface area contributed by atoms with Crippen LogP contribution in [0.1, 0.15) is 27.7 Å². The van der Waals surface area contributed by atoms with Gasteiger partial charge in [0.05, 0.1) is 11.1 Å². The lowest BCUT2D eigenvalue weighted by Crippen LogP contribution is -2.60. The summed E-state index contributed by atoms with van der Waals surface area (Å²) in [5.41, 5.74) is 8.26. The molecule has 24 heavy (non-hydrogen) atoms. The second-order valence-corrected chi connectivity index (χ2v) is 7.92. The SMILES string of the molecule is CC1(C)O[C@H]2[C@H](CO[C@]3(COS(=O)(=O)N=[N+]=[N-])OC(C)(C)O[C@H]23)O1. The Morgan fingerprint density at radius 2 is 1.92 bits per heavy atom. The molecule has 3 heterocycles. The van der Waals surface area contributed by atoms with Crippen molar-refractivity contribution in [2.45, 2.75) is 63.4 Å². The molecule has 0 aromatic rings. The molecular formula is C12H19N3O8S. The van der Waals surface area contributed by atoms with E-state index in [9.17, 15) is 8.42 Å². The predicted molar refractivity (Wildman–Crippen MR) is 76.6 cm³/mol. The van der Waals surface area contributed by atoms with Crippen molar-refractivity contribution < 1.29 is 36.3 Å². The van der Waals surface area contributed by atoms with Crippen LogP contribution in [0.3, 0.4) is 0 Å². The molecule has 0 bridgehead atoms. The summed E-state index contributed by atoms with van der Waals surface area (Å²) in [5, 5.41) is 0. The van der Waals surface area contributed by atoms with E-state index in [1.165, 1.54) is 0 Å². The van der Waals surface area contributed by atoms with E-state index in [-0.39, 0.29) is 12.7 Å². The molecular weight excluding hydrogens is 346 g/mol. The summed E-state index contributed by atoms with van der Waals surface area (Å²) >= 11 is 0. The van der Waals surface area contributed by atoms with E-state index in [1.54, 1.807) is 27.7 Å². The van der Waals surface area contributed by atoms with Crippen LogP contribution in [0.2, 0.25) is 0 Å². The van der Waals surface area contributed by atoms with Gasteiger partial charge >= 0.3 is 10.3 Å². The second kappa shape index (κ2) is 5.51. The van der Waals surface area contributed by atoms with Crippen LogP contribution in [0.4, 0.5) is 0 Å². The topological polar surface area (TPSA) is 138 Å². The summed E-state index contributed by atoms with van der Waals surface area (Å²) in [6.07, 6.45) is -1.69. The van der Waals surface area contributed by atoms with Gasteiger partial charge in [-0.3, -0.25) is 4.18 Å². The first kappa shape index (κ1) is 17.8. The molecule has 0 saturated carbocycles. The molecule has 3 rings (SSSR count). The van der Waals surface area contributed by atoms with Crippen LogP contribution in [0.5, 0.6) is 0 Å². The maximum atomic E-state index is 11.5. The summed E-state index contributed by atoms with van der Waals surface area (Å²) in [6, 6.07) is 0. The van der Waals surface area contributed by atoms with Crippen molar-refractivity contribution in [3.63, 3.8) is 0 Å². The van der Waals surface area contributed by atoms with Crippen molar-refractivity contribution in [2.75, 3.05) is 13.2 Å². The van der Waals surface area contributed by atoms with E-state index >= 15 is 0 Å². The van der Waals surface area contributed by atoms with Gasteiger partial charge in [-0.05, 0) is 33.2 Å². The number of nitrogens with zero attached hydrogens (tertiary/aromatic N) is 3. The molecule has 3 fully saturated rings. The summed E-state index contributed by atoms with van der Waals surface area (Å²) < 4.78 is 59.3. The largest absolute Gasteiger partial charge is 0.358 e. The Bertz CT molecular complexity index is 674. The van der Waals surface area contributed by atoms with Gasteiger partial charge in [0, 0.05) is 4.91 Å². The highest BCUT2D eigenvalue weighted by atomic mass is 32.2. The highest BCUT2D eigenvalue weighted by Gasteiger charge is 2.65. The van der Waals surface area contributed by atoms with Crippen LogP contribution in [0.15, 0.2) is 4.52 Å². The van der Waals surface area contributed by atoms with E-state index in [1.807, 2.05) is 0 Å². The van der Waals surface area contributed by atoms with Gasteiger partial charge in [0.15, 0.2) is 11.6 Å². The maximum absolute atomic E-state index is 11.5. The lowest BCUT2D eigenvalue weighted by molar-refractivity contribution is -0.290. The summed E-state index contributed by atoms with van der Waals surface area (Å²) in [5.74, 6) is -3.41. The van der Waals surface area contributed by atoms with Crippen LogP contribution in [0.25, 0.3) is 10.4 Å². The monoisotopic (exact) mass is 365 g/mol. The number of rotatable bonds is 4. The van der Waals surface area contributed by atoms with Gasteiger partial charge in [0.25, 0.3) is 0 Å². The third-order valence-corrected chi connectivity index (χ3v) is 4.51. The molecule has 0 N–H and O–H groups in total. The lowest BCUT2D eigenvalue weighted by Gasteiger charge is -2.40. The van der Waals surface area contributed by atoms with E-state index in [2.05, 4.69) is 9.43 Å². The van der Waals surface area contributed by atoms with Gasteiger partial charge < -0.3 is 23.7 Å². The van der Waals surface area contributed by atoms with E-state index in [4.69, 9.17) is 33.4 Å². The Labute approximate surface area is 139 Å². The third kappa shape index (κ3) is 3.24. The zero-order valence-electron chi connectivity index (χ0n) is 13.7. The zero-order chi connectivity index (χ0) is 17.8. The second-order valence-electron chi connectivity index (χ2n) is 6.66. The van der Waals surface area contributed by atoms with Crippen LogP contribution in [0, 0.1) is 0 Å². The number of azide groups is 1. The standard InChI is InChI=1S/C12H19N3O8S/c1-10(2)20-7-5-18-12(6-19-24(16,17)15-14-13)9(8(7)21-10)22-11(3,4)23-12/h7-9H,5-6H2,1-4H3/t7-,8-,9+,12+/m0/s1. The van der Waals surface area contributed by atoms with E-state index in [0.29, 0.717) is 0 Å². The summed E-state index contributed by atoms with van der Waals surface area (Å²) in [6.45, 7) is 6.40. The van der Waals surface area contributed by atoms with Crippen molar-refractivity contribution in [3.8, 4) is 0 Å². The van der Waals surface area contributed by atoms with Gasteiger partial charge in [0.1, 0.15) is 24.9 Å². The van der Waals surface area contributed by atoms with Crippen molar-refractivity contribution in [1.82, 2.24) is 0 Å². The quantitative estimate of drug-likeness (QED) is 0.408. The smallest absolute Gasteiger partial charge is 0.343 e.